The summed E-state index contributed by atoms with van der Waals surface area (Å²) in [7, 11) is 0. The summed E-state index contributed by atoms with van der Waals surface area (Å²) in [5.41, 5.74) is 4.93. The Morgan fingerprint density at radius 1 is 0.923 bits per heavy atom. The number of halogens is 3. The van der Waals surface area contributed by atoms with Crippen LogP contribution < -0.4 is 5.73 Å². The predicted octanol–water partition coefficient (Wildman–Crippen LogP) is 4.90. The zero-order chi connectivity index (χ0) is 18.9. The number of rotatable bonds is 1. The maximum atomic E-state index is 13.3. The lowest BCUT2D eigenvalue weighted by molar-refractivity contribution is -0.174. The number of nitrogens with two attached hydrogens (primary N) is 1. The van der Waals surface area contributed by atoms with Crippen LogP contribution in [-0.4, -0.2) is 22.9 Å². The van der Waals surface area contributed by atoms with E-state index in [1.165, 1.54) is 0 Å². The number of aliphatic hydroxyl groups is 1. The molecule has 4 aliphatic carbocycles. The molecule has 26 heavy (non-hydrogen) atoms. The Balaban J connectivity index is 1.53. The minimum atomic E-state index is -4.29. The second-order valence-electron chi connectivity index (χ2n) is 10.5. The van der Waals surface area contributed by atoms with E-state index >= 15 is 0 Å². The third-order valence-electron chi connectivity index (χ3n) is 9.12. The molecule has 0 radical (unpaired) electrons. The Labute approximate surface area is 155 Å². The molecule has 0 saturated heterocycles. The molecule has 5 heteroatoms. The van der Waals surface area contributed by atoms with E-state index in [0.29, 0.717) is 36.0 Å². The summed E-state index contributed by atoms with van der Waals surface area (Å²) in [6, 6.07) is -1.67. The summed E-state index contributed by atoms with van der Waals surface area (Å²) in [5, 5.41) is 10.5. The van der Waals surface area contributed by atoms with Gasteiger partial charge in [-0.05, 0) is 106 Å². The standard InChI is InChI=1S/C21H34F3NO/c1-19(26)9-7-13-12(11-19)3-4-15-14(13)8-10-20(2)16(15)5-6-17(20)18(25)21(22,23)24/h12-18,26H,3-11,25H2,1-2H3/t12?,13-,14+,15?,16-,17+,18?,19+,20-/m0/s1. The zero-order valence-corrected chi connectivity index (χ0v) is 16.1. The summed E-state index contributed by atoms with van der Waals surface area (Å²) in [4.78, 5) is 0. The van der Waals surface area contributed by atoms with Crippen molar-refractivity contribution >= 4 is 0 Å². The minimum absolute atomic E-state index is 0.247. The lowest BCUT2D eigenvalue weighted by atomic mass is 9.48. The topological polar surface area (TPSA) is 46.2 Å². The maximum Gasteiger partial charge on any atom is 0.403 e. The molecule has 9 atom stereocenters. The van der Waals surface area contributed by atoms with Crippen molar-refractivity contribution in [3.63, 3.8) is 0 Å². The number of alkyl halides is 3. The molecule has 2 nitrogen and oxygen atoms in total. The van der Waals surface area contributed by atoms with Gasteiger partial charge in [0.05, 0.1) is 5.60 Å². The highest BCUT2D eigenvalue weighted by Crippen LogP contribution is 2.65. The Hall–Kier alpha value is -0.290. The fraction of sp³-hybridized carbons (Fsp3) is 1.00. The van der Waals surface area contributed by atoms with Gasteiger partial charge in [0.15, 0.2) is 0 Å². The Morgan fingerprint density at radius 2 is 1.62 bits per heavy atom. The van der Waals surface area contributed by atoms with Gasteiger partial charge >= 0.3 is 6.18 Å². The Morgan fingerprint density at radius 3 is 2.31 bits per heavy atom. The number of hydrogen-bond donors (Lipinski definition) is 2. The molecule has 3 unspecified atom stereocenters. The molecule has 150 valence electrons. The summed E-state index contributed by atoms with van der Waals surface area (Å²) in [5.74, 6) is 2.50. The zero-order valence-electron chi connectivity index (χ0n) is 16.1. The fourth-order valence-electron chi connectivity index (χ4n) is 7.94. The van der Waals surface area contributed by atoms with Gasteiger partial charge in [0.2, 0.25) is 0 Å². The van der Waals surface area contributed by atoms with Crippen molar-refractivity contribution in [2.45, 2.75) is 89.5 Å². The van der Waals surface area contributed by atoms with Gasteiger partial charge in [-0.1, -0.05) is 6.92 Å². The van der Waals surface area contributed by atoms with E-state index in [1.807, 2.05) is 6.92 Å². The third-order valence-corrected chi connectivity index (χ3v) is 9.12. The third kappa shape index (κ3) is 2.92. The molecule has 4 fully saturated rings. The van der Waals surface area contributed by atoms with Crippen LogP contribution in [0.4, 0.5) is 13.2 Å². The first-order valence-corrected chi connectivity index (χ1v) is 10.6. The van der Waals surface area contributed by atoms with E-state index in [0.717, 1.165) is 51.4 Å². The highest BCUT2D eigenvalue weighted by molar-refractivity contribution is 5.09. The molecule has 0 aromatic heterocycles. The average molecular weight is 374 g/mol. The van der Waals surface area contributed by atoms with Gasteiger partial charge in [0.1, 0.15) is 6.04 Å². The van der Waals surface area contributed by atoms with Crippen LogP contribution in [0.25, 0.3) is 0 Å². The first-order chi connectivity index (χ1) is 12.0. The molecule has 0 heterocycles. The molecule has 0 aromatic rings. The van der Waals surface area contributed by atoms with E-state index in [2.05, 4.69) is 6.92 Å². The average Bonchev–Trinajstić information content (AvgIpc) is 2.89. The molecule has 0 aromatic carbocycles. The van der Waals surface area contributed by atoms with Crippen molar-refractivity contribution < 1.29 is 18.3 Å². The summed E-state index contributed by atoms with van der Waals surface area (Å²) in [6.07, 6.45) is 4.37. The van der Waals surface area contributed by atoms with Gasteiger partial charge in [-0.25, -0.2) is 0 Å². The molecular formula is C21H34F3NO. The summed E-state index contributed by atoms with van der Waals surface area (Å²) >= 11 is 0. The van der Waals surface area contributed by atoms with Gasteiger partial charge < -0.3 is 10.8 Å². The SMILES string of the molecule is C[C@@]1(O)CC[C@H]2C(CCC3[C@@H]2CC[C@]2(C)[C@@H](C(N)C(F)(F)F)CC[C@@H]32)C1. The lowest BCUT2D eigenvalue weighted by Crippen LogP contribution is -2.54. The molecule has 4 aliphatic rings. The van der Waals surface area contributed by atoms with Crippen LogP contribution >= 0.6 is 0 Å². The van der Waals surface area contributed by atoms with Crippen LogP contribution in [-0.2, 0) is 0 Å². The predicted molar refractivity (Wildman–Crippen MR) is 95.3 cm³/mol. The van der Waals surface area contributed by atoms with Gasteiger partial charge in [0, 0.05) is 0 Å². The molecular weight excluding hydrogens is 339 g/mol. The summed E-state index contributed by atoms with van der Waals surface area (Å²) in [6.45, 7) is 4.07. The molecule has 0 aliphatic heterocycles. The second-order valence-corrected chi connectivity index (χ2v) is 10.5. The van der Waals surface area contributed by atoms with Crippen molar-refractivity contribution in [3.8, 4) is 0 Å². The molecule has 0 bridgehead atoms. The van der Waals surface area contributed by atoms with Crippen molar-refractivity contribution in [1.82, 2.24) is 0 Å². The quantitative estimate of drug-likeness (QED) is 0.687. The Kier molecular flexibility index (Phi) is 4.47. The van der Waals surface area contributed by atoms with Crippen molar-refractivity contribution in [2.24, 2.45) is 46.7 Å². The van der Waals surface area contributed by atoms with Crippen LogP contribution in [0.15, 0.2) is 0 Å². The summed E-state index contributed by atoms with van der Waals surface area (Å²) < 4.78 is 39.9. The number of fused-ring (bicyclic) bond motifs is 5. The van der Waals surface area contributed by atoms with Gasteiger partial charge in [-0.3, -0.25) is 0 Å². The molecule has 4 rings (SSSR count). The first-order valence-electron chi connectivity index (χ1n) is 10.6. The van der Waals surface area contributed by atoms with Crippen molar-refractivity contribution in [2.75, 3.05) is 0 Å². The van der Waals surface area contributed by atoms with Crippen LogP contribution in [0.1, 0.15) is 71.6 Å². The van der Waals surface area contributed by atoms with E-state index in [9.17, 15) is 18.3 Å². The minimum Gasteiger partial charge on any atom is -0.390 e. The van der Waals surface area contributed by atoms with E-state index < -0.39 is 23.7 Å². The van der Waals surface area contributed by atoms with Crippen molar-refractivity contribution in [1.29, 1.82) is 0 Å². The number of hydrogen-bond acceptors (Lipinski definition) is 2. The molecule has 4 saturated carbocycles. The Bertz CT molecular complexity index is 548. The van der Waals surface area contributed by atoms with Crippen LogP contribution in [0.3, 0.4) is 0 Å². The second kappa shape index (κ2) is 6.10. The first kappa shape index (κ1) is 19.0. The van der Waals surface area contributed by atoms with Crippen LogP contribution in [0.2, 0.25) is 0 Å². The van der Waals surface area contributed by atoms with E-state index in [1.54, 1.807) is 0 Å². The molecule has 0 amide bonds. The van der Waals surface area contributed by atoms with Crippen LogP contribution in [0, 0.1) is 40.9 Å². The largest absolute Gasteiger partial charge is 0.403 e. The van der Waals surface area contributed by atoms with E-state index in [4.69, 9.17) is 5.73 Å². The van der Waals surface area contributed by atoms with Crippen molar-refractivity contribution in [3.05, 3.63) is 0 Å². The smallest absolute Gasteiger partial charge is 0.390 e. The van der Waals surface area contributed by atoms with Gasteiger partial charge in [0.25, 0.3) is 0 Å². The maximum absolute atomic E-state index is 13.3. The molecule has 3 N–H and O–H groups in total. The molecule has 0 spiro atoms. The highest BCUT2D eigenvalue weighted by Gasteiger charge is 2.61. The monoisotopic (exact) mass is 373 g/mol. The van der Waals surface area contributed by atoms with Gasteiger partial charge in [-0.15, -0.1) is 0 Å². The highest BCUT2D eigenvalue weighted by atomic mass is 19.4. The normalized spacial score (nSPS) is 52.7. The van der Waals surface area contributed by atoms with Gasteiger partial charge in [-0.2, -0.15) is 13.2 Å². The van der Waals surface area contributed by atoms with E-state index in [-0.39, 0.29) is 5.41 Å². The van der Waals surface area contributed by atoms with Crippen LogP contribution in [0.5, 0.6) is 0 Å². The lowest BCUT2D eigenvalue weighted by Gasteiger charge is -2.57. The fourth-order valence-corrected chi connectivity index (χ4v) is 7.94.